The molecule has 0 aliphatic carbocycles. The minimum Gasteiger partial charge on any atom is -0.493 e. The molecule has 0 atom stereocenters. The molecular formula is C17H31ClN2O. The van der Waals surface area contributed by atoms with E-state index in [2.05, 4.69) is 63.3 Å². The molecule has 0 unspecified atom stereocenters. The molecule has 0 amide bonds. The first kappa shape index (κ1) is 20.2. The Bertz CT molecular complexity index is 394. The highest BCUT2D eigenvalue weighted by Gasteiger charge is 2.04. The Labute approximate surface area is 136 Å². The predicted molar refractivity (Wildman–Crippen MR) is 94.1 cm³/mol. The quantitative estimate of drug-likeness (QED) is 0.706. The third-order valence-electron chi connectivity index (χ3n) is 3.37. The summed E-state index contributed by atoms with van der Waals surface area (Å²) in [5.74, 6) is 1.58. The molecule has 1 aromatic carbocycles. The SMILES string of the molecule is Cc1ccc(C(C)C)cc1OCCCNCCN(C)C.Cl. The smallest absolute Gasteiger partial charge is 0.122 e. The highest BCUT2D eigenvalue weighted by Crippen LogP contribution is 2.24. The molecule has 1 rings (SSSR count). The summed E-state index contributed by atoms with van der Waals surface area (Å²) in [6, 6.07) is 6.52. The molecule has 122 valence electrons. The van der Waals surface area contributed by atoms with Crippen molar-refractivity contribution < 1.29 is 4.74 Å². The Balaban J connectivity index is 0.00000400. The minimum absolute atomic E-state index is 0. The number of likely N-dealkylation sites (N-methyl/N-ethyl adjacent to an activating group) is 1. The largest absolute Gasteiger partial charge is 0.493 e. The van der Waals surface area contributed by atoms with E-state index in [4.69, 9.17) is 4.74 Å². The minimum atomic E-state index is 0. The van der Waals surface area contributed by atoms with Crippen molar-refractivity contribution in [1.82, 2.24) is 10.2 Å². The van der Waals surface area contributed by atoms with E-state index >= 15 is 0 Å². The molecule has 0 saturated carbocycles. The van der Waals surface area contributed by atoms with E-state index in [9.17, 15) is 0 Å². The van der Waals surface area contributed by atoms with Crippen LogP contribution in [0.5, 0.6) is 5.75 Å². The fourth-order valence-electron chi connectivity index (χ4n) is 1.94. The van der Waals surface area contributed by atoms with Crippen LogP contribution in [0.3, 0.4) is 0 Å². The highest BCUT2D eigenvalue weighted by atomic mass is 35.5. The van der Waals surface area contributed by atoms with Crippen LogP contribution in [0.4, 0.5) is 0 Å². The average molecular weight is 315 g/mol. The first-order valence-electron chi connectivity index (χ1n) is 7.59. The molecule has 21 heavy (non-hydrogen) atoms. The molecule has 4 heteroatoms. The van der Waals surface area contributed by atoms with E-state index in [1.807, 2.05) is 0 Å². The van der Waals surface area contributed by atoms with Crippen LogP contribution < -0.4 is 10.1 Å². The van der Waals surface area contributed by atoms with Crippen molar-refractivity contribution in [3.8, 4) is 5.75 Å². The second-order valence-electron chi connectivity index (χ2n) is 5.93. The maximum atomic E-state index is 5.90. The second-order valence-corrected chi connectivity index (χ2v) is 5.93. The second kappa shape index (κ2) is 10.9. The number of ether oxygens (including phenoxy) is 1. The number of nitrogens with one attached hydrogen (secondary N) is 1. The van der Waals surface area contributed by atoms with Crippen LogP contribution in [-0.2, 0) is 0 Å². The lowest BCUT2D eigenvalue weighted by atomic mass is 10.0. The van der Waals surface area contributed by atoms with Crippen molar-refractivity contribution in [3.05, 3.63) is 29.3 Å². The van der Waals surface area contributed by atoms with Crippen LogP contribution in [0.1, 0.15) is 37.3 Å². The summed E-state index contributed by atoms with van der Waals surface area (Å²) in [5.41, 5.74) is 2.56. The van der Waals surface area contributed by atoms with Gasteiger partial charge in [0.1, 0.15) is 5.75 Å². The van der Waals surface area contributed by atoms with Gasteiger partial charge in [-0.25, -0.2) is 0 Å². The van der Waals surface area contributed by atoms with Gasteiger partial charge in [0.15, 0.2) is 0 Å². The molecule has 0 heterocycles. The zero-order valence-corrected chi connectivity index (χ0v) is 14.9. The Morgan fingerprint density at radius 2 is 1.90 bits per heavy atom. The van der Waals surface area contributed by atoms with Gasteiger partial charge in [-0.15, -0.1) is 12.4 Å². The lowest BCUT2D eigenvalue weighted by Gasteiger charge is -2.13. The summed E-state index contributed by atoms with van der Waals surface area (Å²) < 4.78 is 5.90. The third-order valence-corrected chi connectivity index (χ3v) is 3.37. The number of aryl methyl sites for hydroxylation is 1. The molecule has 1 aromatic rings. The van der Waals surface area contributed by atoms with Gasteiger partial charge in [0.25, 0.3) is 0 Å². The Hall–Kier alpha value is -0.770. The summed E-state index contributed by atoms with van der Waals surface area (Å²) >= 11 is 0. The lowest BCUT2D eigenvalue weighted by molar-refractivity contribution is 0.304. The molecule has 3 nitrogen and oxygen atoms in total. The van der Waals surface area contributed by atoms with Gasteiger partial charge in [-0.1, -0.05) is 26.0 Å². The van der Waals surface area contributed by atoms with Crippen LogP contribution in [0.25, 0.3) is 0 Å². The maximum absolute atomic E-state index is 5.90. The Kier molecular flexibility index (Phi) is 10.5. The molecule has 0 aliphatic heterocycles. The highest BCUT2D eigenvalue weighted by molar-refractivity contribution is 5.85. The summed E-state index contributed by atoms with van der Waals surface area (Å²) in [6.45, 7) is 10.4. The number of benzene rings is 1. The first-order valence-corrected chi connectivity index (χ1v) is 7.59. The molecule has 0 fully saturated rings. The van der Waals surface area contributed by atoms with Gasteiger partial charge in [-0.05, 0) is 57.1 Å². The summed E-state index contributed by atoms with van der Waals surface area (Å²) in [5, 5.41) is 3.43. The molecule has 1 N–H and O–H groups in total. The maximum Gasteiger partial charge on any atom is 0.122 e. The van der Waals surface area contributed by atoms with E-state index in [0.29, 0.717) is 5.92 Å². The Morgan fingerprint density at radius 3 is 2.52 bits per heavy atom. The fraction of sp³-hybridized carbons (Fsp3) is 0.647. The van der Waals surface area contributed by atoms with Gasteiger partial charge < -0.3 is 15.0 Å². The summed E-state index contributed by atoms with van der Waals surface area (Å²) in [6.07, 6.45) is 1.04. The molecule has 0 aliphatic rings. The molecule has 0 spiro atoms. The van der Waals surface area contributed by atoms with Crippen LogP contribution in [0, 0.1) is 6.92 Å². The number of nitrogens with zero attached hydrogens (tertiary/aromatic N) is 1. The molecule has 0 radical (unpaired) electrons. The first-order chi connectivity index (χ1) is 9.50. The molecule has 0 saturated heterocycles. The van der Waals surface area contributed by atoms with Gasteiger partial charge in [-0.2, -0.15) is 0 Å². The predicted octanol–water partition coefficient (Wildman–Crippen LogP) is 3.46. The van der Waals surface area contributed by atoms with Crippen molar-refractivity contribution >= 4 is 12.4 Å². The monoisotopic (exact) mass is 314 g/mol. The Morgan fingerprint density at radius 1 is 1.19 bits per heavy atom. The van der Waals surface area contributed by atoms with Crippen molar-refractivity contribution in [1.29, 1.82) is 0 Å². The normalized spacial score (nSPS) is 10.8. The van der Waals surface area contributed by atoms with Crippen LogP contribution in [-0.4, -0.2) is 45.2 Å². The van der Waals surface area contributed by atoms with Crippen molar-refractivity contribution in [2.24, 2.45) is 0 Å². The van der Waals surface area contributed by atoms with Gasteiger partial charge >= 0.3 is 0 Å². The topological polar surface area (TPSA) is 24.5 Å². The fourth-order valence-corrected chi connectivity index (χ4v) is 1.94. The van der Waals surface area contributed by atoms with Crippen LogP contribution >= 0.6 is 12.4 Å². The van der Waals surface area contributed by atoms with Crippen molar-refractivity contribution in [2.75, 3.05) is 40.3 Å². The van der Waals surface area contributed by atoms with E-state index in [1.54, 1.807) is 0 Å². The van der Waals surface area contributed by atoms with Crippen molar-refractivity contribution in [3.63, 3.8) is 0 Å². The van der Waals surface area contributed by atoms with Gasteiger partial charge in [0.05, 0.1) is 6.61 Å². The summed E-state index contributed by atoms with van der Waals surface area (Å²) in [4.78, 5) is 2.18. The van der Waals surface area contributed by atoms with Crippen LogP contribution in [0.15, 0.2) is 18.2 Å². The molecule has 0 bridgehead atoms. The van der Waals surface area contributed by atoms with E-state index in [1.165, 1.54) is 11.1 Å². The van der Waals surface area contributed by atoms with E-state index in [0.717, 1.165) is 38.4 Å². The number of rotatable bonds is 9. The summed E-state index contributed by atoms with van der Waals surface area (Å²) in [7, 11) is 4.19. The van der Waals surface area contributed by atoms with Crippen molar-refractivity contribution in [2.45, 2.75) is 33.1 Å². The average Bonchev–Trinajstić information content (AvgIpc) is 2.38. The zero-order valence-electron chi connectivity index (χ0n) is 14.1. The molecular weight excluding hydrogens is 284 g/mol. The molecule has 0 aromatic heterocycles. The number of hydrogen-bond donors (Lipinski definition) is 1. The van der Waals surface area contributed by atoms with Gasteiger partial charge in [0.2, 0.25) is 0 Å². The third kappa shape index (κ3) is 8.30. The lowest BCUT2D eigenvalue weighted by Crippen LogP contribution is -2.27. The van der Waals surface area contributed by atoms with Crippen LogP contribution in [0.2, 0.25) is 0 Å². The number of hydrogen-bond acceptors (Lipinski definition) is 3. The van der Waals surface area contributed by atoms with Gasteiger partial charge in [-0.3, -0.25) is 0 Å². The van der Waals surface area contributed by atoms with E-state index < -0.39 is 0 Å². The zero-order chi connectivity index (χ0) is 15.0. The number of halogens is 1. The van der Waals surface area contributed by atoms with Gasteiger partial charge in [0, 0.05) is 13.1 Å². The standard InChI is InChI=1S/C17H30N2O.ClH/c1-14(2)16-8-7-15(3)17(13-16)20-12-6-9-18-10-11-19(4)5;/h7-8,13-14,18H,6,9-12H2,1-5H3;1H. The van der Waals surface area contributed by atoms with E-state index in [-0.39, 0.29) is 12.4 Å².